The summed E-state index contributed by atoms with van der Waals surface area (Å²) in [4.78, 5) is 53.2. The second-order valence-corrected chi connectivity index (χ2v) is 31.5. The van der Waals surface area contributed by atoms with Crippen LogP contribution in [-0.4, -0.2) is 41.6 Å². The normalized spacial score (nSPS) is 21.0. The Labute approximate surface area is 574 Å². The van der Waals surface area contributed by atoms with Crippen molar-refractivity contribution in [1.82, 2.24) is 16.0 Å². The molecule has 92 heavy (non-hydrogen) atoms. The van der Waals surface area contributed by atoms with Gasteiger partial charge >= 0.3 is 0 Å². The number of rotatable bonds is 65. The topological polar surface area (TPSA) is 104 Å². The summed E-state index contributed by atoms with van der Waals surface area (Å²) in [6, 6.07) is 0.326. The number of carbonyl (C=O) groups is 4. The van der Waals surface area contributed by atoms with E-state index in [1.807, 2.05) is 0 Å². The molecule has 0 aromatic carbocycles. The molecular weight excluding hydrogens is 1130 g/mol. The summed E-state index contributed by atoms with van der Waals surface area (Å²) in [6.07, 6.45) is 86.6. The first-order valence-corrected chi connectivity index (χ1v) is 42.7. The average Bonchev–Trinajstić information content (AvgIpc) is 0.984. The van der Waals surface area contributed by atoms with E-state index >= 15 is 0 Å². The lowest BCUT2D eigenvalue weighted by molar-refractivity contribution is -0.125. The summed E-state index contributed by atoms with van der Waals surface area (Å²) >= 11 is 0. The number of Topliss-reactive ketones (excluding diaryl/α,β-unsaturated/α-hetero) is 1. The zero-order valence-electron chi connectivity index (χ0n) is 62.5. The highest BCUT2D eigenvalue weighted by atomic mass is 16.2. The Morgan fingerprint density at radius 3 is 0.739 bits per heavy atom. The summed E-state index contributed by atoms with van der Waals surface area (Å²) in [7, 11) is 0. The van der Waals surface area contributed by atoms with Gasteiger partial charge in [-0.1, -0.05) is 374 Å². The Morgan fingerprint density at radius 1 is 0.239 bits per heavy atom. The van der Waals surface area contributed by atoms with Gasteiger partial charge in [0.2, 0.25) is 17.7 Å². The van der Waals surface area contributed by atoms with Gasteiger partial charge < -0.3 is 16.0 Å². The van der Waals surface area contributed by atoms with Crippen LogP contribution < -0.4 is 16.0 Å². The van der Waals surface area contributed by atoms with E-state index in [2.05, 4.69) is 43.6 Å². The minimum absolute atomic E-state index is 0.0698. The summed E-state index contributed by atoms with van der Waals surface area (Å²) in [6.45, 7) is 9.26. The summed E-state index contributed by atoms with van der Waals surface area (Å²) in [5, 5.41) is 10.2. The lowest BCUT2D eigenvalue weighted by Crippen LogP contribution is -2.53. The van der Waals surface area contributed by atoms with Crippen LogP contribution in [0, 0.1) is 29.6 Å². The zero-order valence-corrected chi connectivity index (χ0v) is 62.5. The fraction of sp³-hybridized carbons (Fsp3) is 0.953. The van der Waals surface area contributed by atoms with Crippen LogP contribution in [0.25, 0.3) is 0 Å². The maximum absolute atomic E-state index is 13.5. The van der Waals surface area contributed by atoms with E-state index < -0.39 is 0 Å². The standard InChI is InChI=1S/C85H161N3O4/c1-5-9-13-17-21-23-25-27-29-31-33-35-37-41-52-68-83(90)86-80-65-56-55-63-78(80)73-79(89)64-51-45-43-49-61-76-71-74(59-47-39-19-15-11-7-3)75(60-48-40-20-16-12-8-4)72-77(76)62-50-44-46-54-70-85(92)88-82-67-58-57-66-81(82)87-84(91)69-53-42-38-36-34-32-30-28-26-24-22-18-14-10-6-2/h74-78,80-82H,5-73H2,1-4H3,(H,86,90)(H,87,91)(H,88,92)/t74?,75?,76?,77?,78-,80+,81-,82-/m0/s1. The van der Waals surface area contributed by atoms with Gasteiger partial charge in [-0.2, -0.15) is 0 Å². The van der Waals surface area contributed by atoms with Crippen LogP contribution >= 0.6 is 0 Å². The predicted molar refractivity (Wildman–Crippen MR) is 400 cm³/mol. The van der Waals surface area contributed by atoms with Crippen LogP contribution in [0.2, 0.25) is 0 Å². The molecule has 7 nitrogen and oxygen atoms in total. The third-order valence-electron chi connectivity index (χ3n) is 23.1. The van der Waals surface area contributed by atoms with Crippen molar-refractivity contribution in [2.24, 2.45) is 29.6 Å². The van der Waals surface area contributed by atoms with Gasteiger partial charge in [-0.15, -0.1) is 0 Å². The number of carbonyl (C=O) groups excluding carboxylic acids is 4. The highest BCUT2D eigenvalue weighted by Gasteiger charge is 2.36. The highest BCUT2D eigenvalue weighted by Crippen LogP contribution is 2.47. The van der Waals surface area contributed by atoms with Crippen molar-refractivity contribution >= 4 is 23.5 Å². The number of ketones is 1. The van der Waals surface area contributed by atoms with Gasteiger partial charge in [0.25, 0.3) is 0 Å². The van der Waals surface area contributed by atoms with E-state index in [1.165, 1.54) is 321 Å². The third-order valence-corrected chi connectivity index (χ3v) is 23.1. The maximum Gasteiger partial charge on any atom is 0.220 e. The van der Waals surface area contributed by atoms with E-state index in [-0.39, 0.29) is 35.8 Å². The summed E-state index contributed by atoms with van der Waals surface area (Å²) in [5.41, 5.74) is 0. The maximum atomic E-state index is 13.5. The molecule has 3 rings (SSSR count). The Bertz CT molecular complexity index is 1560. The van der Waals surface area contributed by atoms with Crippen molar-refractivity contribution in [2.75, 3.05) is 0 Å². The Hall–Kier alpha value is -1.92. The molecule has 4 unspecified atom stereocenters. The van der Waals surface area contributed by atoms with Crippen molar-refractivity contribution in [1.29, 1.82) is 0 Å². The van der Waals surface area contributed by atoms with Gasteiger partial charge in [0.15, 0.2) is 0 Å². The van der Waals surface area contributed by atoms with Crippen LogP contribution in [0.5, 0.6) is 0 Å². The molecule has 0 aromatic rings. The zero-order chi connectivity index (χ0) is 65.8. The fourth-order valence-corrected chi connectivity index (χ4v) is 17.1. The largest absolute Gasteiger partial charge is 0.353 e. The third kappa shape index (κ3) is 46.3. The lowest BCUT2D eigenvalue weighted by atomic mass is 9.63. The first-order chi connectivity index (χ1) is 45.3. The quantitative estimate of drug-likeness (QED) is 0.0528. The smallest absolute Gasteiger partial charge is 0.220 e. The van der Waals surface area contributed by atoms with E-state index in [1.54, 1.807) is 0 Å². The Morgan fingerprint density at radius 2 is 0.457 bits per heavy atom. The molecule has 3 N–H and O–H groups in total. The molecule has 3 fully saturated rings. The van der Waals surface area contributed by atoms with Crippen LogP contribution in [-0.2, 0) is 19.2 Å². The molecule has 0 saturated heterocycles. The molecule has 3 saturated carbocycles. The van der Waals surface area contributed by atoms with E-state index in [0.29, 0.717) is 43.8 Å². The predicted octanol–water partition coefficient (Wildman–Crippen LogP) is 26.1. The second-order valence-electron chi connectivity index (χ2n) is 31.5. The minimum atomic E-state index is 0.0698. The molecule has 3 aliphatic carbocycles. The van der Waals surface area contributed by atoms with Crippen LogP contribution in [0.3, 0.4) is 0 Å². The van der Waals surface area contributed by atoms with E-state index in [0.717, 1.165) is 114 Å². The van der Waals surface area contributed by atoms with Gasteiger partial charge in [0.1, 0.15) is 5.78 Å². The van der Waals surface area contributed by atoms with Crippen molar-refractivity contribution in [2.45, 2.75) is 489 Å². The molecule has 8 atom stereocenters. The molecule has 3 aliphatic rings. The van der Waals surface area contributed by atoms with E-state index in [4.69, 9.17) is 0 Å². The average molecular weight is 1290 g/mol. The first-order valence-electron chi connectivity index (χ1n) is 42.7. The highest BCUT2D eigenvalue weighted by molar-refractivity contribution is 5.79. The number of hydrogen-bond donors (Lipinski definition) is 3. The molecule has 0 radical (unpaired) electrons. The van der Waals surface area contributed by atoms with Gasteiger partial charge in [-0.05, 0) is 93.8 Å². The molecule has 0 heterocycles. The van der Waals surface area contributed by atoms with Gasteiger partial charge in [0.05, 0.1) is 0 Å². The number of nitrogens with one attached hydrogen (secondary N) is 3. The molecule has 0 aromatic heterocycles. The number of amides is 3. The number of hydrogen-bond acceptors (Lipinski definition) is 4. The fourth-order valence-electron chi connectivity index (χ4n) is 17.1. The second kappa shape index (κ2) is 61.4. The Kier molecular flexibility index (Phi) is 56.3. The SMILES string of the molecule is CCCCCCCCCCCCCCCCCC(=O)N[C@H]1CCCC[C@@H]1NC(=O)CCCCCCC1CC(CCCCCCCC)C(CCCCCCCC)CC1CCCCCCC(=O)C[C@@H]1CCCC[C@H]1NC(=O)CCCCCCCCCCCCCCCCC. The van der Waals surface area contributed by atoms with Crippen molar-refractivity contribution in [3.63, 3.8) is 0 Å². The molecule has 3 amide bonds. The van der Waals surface area contributed by atoms with Crippen LogP contribution in [0.1, 0.15) is 471 Å². The molecule has 0 spiro atoms. The van der Waals surface area contributed by atoms with Gasteiger partial charge in [-0.3, -0.25) is 19.2 Å². The van der Waals surface area contributed by atoms with Gasteiger partial charge in [0, 0.05) is 50.2 Å². The first kappa shape index (κ1) is 84.3. The number of unbranched alkanes of at least 4 members (excludes halogenated alkanes) is 44. The van der Waals surface area contributed by atoms with Crippen molar-refractivity contribution in [3.8, 4) is 0 Å². The van der Waals surface area contributed by atoms with Crippen molar-refractivity contribution < 1.29 is 19.2 Å². The lowest BCUT2D eigenvalue weighted by Gasteiger charge is -2.42. The van der Waals surface area contributed by atoms with Crippen LogP contribution in [0.15, 0.2) is 0 Å². The van der Waals surface area contributed by atoms with Crippen molar-refractivity contribution in [3.05, 3.63) is 0 Å². The molecule has 540 valence electrons. The monoisotopic (exact) mass is 1290 g/mol. The molecular formula is C85H161N3O4. The molecule has 0 aliphatic heterocycles. The van der Waals surface area contributed by atoms with Crippen LogP contribution in [0.4, 0.5) is 0 Å². The van der Waals surface area contributed by atoms with Gasteiger partial charge in [-0.25, -0.2) is 0 Å². The molecule has 7 heteroatoms. The summed E-state index contributed by atoms with van der Waals surface area (Å²) < 4.78 is 0. The van der Waals surface area contributed by atoms with E-state index in [9.17, 15) is 19.2 Å². The Balaban J connectivity index is 1.38. The minimum Gasteiger partial charge on any atom is -0.353 e. The summed E-state index contributed by atoms with van der Waals surface area (Å²) in [5.74, 6) is 4.78. The molecule has 0 bridgehead atoms.